The number of fused-ring (bicyclic) bond motifs is 12. The topological polar surface area (TPSA) is 525 Å². The summed E-state index contributed by atoms with van der Waals surface area (Å²) in [5.41, 5.74) is 11.0. The number of phenolic OH excluding ortho intramolecular Hbond substituents is 1. The molecule has 34 nitrogen and oxygen atoms in total. The number of Topliss-reactive ketones (excluding diaryl/α,β-unsaturated/α-hetero) is 2. The van der Waals surface area contributed by atoms with Crippen molar-refractivity contribution >= 4 is 92.8 Å². The summed E-state index contributed by atoms with van der Waals surface area (Å²) in [4.78, 5) is 125. The minimum atomic E-state index is -2.99. The third kappa shape index (κ3) is 21.3. The van der Waals surface area contributed by atoms with Crippen molar-refractivity contribution in [2.24, 2.45) is 23.3 Å². The van der Waals surface area contributed by atoms with Crippen LogP contribution in [0.5, 0.6) is 34.5 Å². The summed E-state index contributed by atoms with van der Waals surface area (Å²) in [5, 5.41) is 132. The van der Waals surface area contributed by atoms with Crippen molar-refractivity contribution in [2.45, 2.75) is 226 Å². The number of nitrogens with one attached hydrogen (secondary N) is 5. The second-order valence-electron chi connectivity index (χ2n) is 36.6. The zero-order valence-electron chi connectivity index (χ0n) is 73.7. The van der Waals surface area contributed by atoms with Crippen molar-refractivity contribution in [2.75, 3.05) is 40.0 Å². The SMILES string of the molecule is CC[C@H](CC(C)O)C(=O)N[C@H]1C(=O)C[C@@H](CC(N)=O)C(=O)N[C@H]2C(=O)C[C@H]3C(=O)N[C@H](C(=O)N[C@H](C(=O)SCC[N+](C)(C)C)c4cc(O)cc5c4-c4cc3ccc4C5(O)O)[C@H](O[C@H]3C[C@](C)(N)[C@@H](O)[C@H](C)O3)c3ccc(c(Cl)c3)Oc3cc2cc(c3O[C@@H]2O[C@H](CO)[C@@H](O)[C@H](O)[C@H]2O[C@H]2C[C@](C)(NCc3ccc(-c4ccc(Cl)cc4)cc3)[C@@H](O)[C@H](C)O2)Oc2ccc(cc2Cl)[C@H]1O. The van der Waals surface area contributed by atoms with E-state index in [9.17, 15) is 60.7 Å². The monoisotopic (exact) mass is 1900 g/mol. The molecule has 11 bridgehead atoms. The van der Waals surface area contributed by atoms with E-state index in [1.54, 1.807) is 32.9 Å². The van der Waals surface area contributed by atoms with Crippen molar-refractivity contribution in [3.63, 3.8) is 0 Å². The molecule has 0 spiro atoms. The number of carbonyl (C=O) groups is 8. The van der Waals surface area contributed by atoms with Gasteiger partial charge in [0.15, 0.2) is 41.7 Å². The van der Waals surface area contributed by atoms with E-state index in [1.807, 2.05) is 57.5 Å². The van der Waals surface area contributed by atoms with Crippen LogP contribution in [-0.4, -0.2) is 239 Å². The number of aromatic hydroxyl groups is 1. The van der Waals surface area contributed by atoms with Gasteiger partial charge in [0.25, 0.3) is 0 Å². The number of ether oxygens (including phenoxy) is 8. The summed E-state index contributed by atoms with van der Waals surface area (Å²) in [6.07, 6.45) is -25.7. The lowest BCUT2D eigenvalue weighted by molar-refractivity contribution is -0.867. The van der Waals surface area contributed by atoms with Crippen molar-refractivity contribution in [3.8, 4) is 56.8 Å². The Kier molecular flexibility index (Phi) is 29.8. The fraction of sp³-hybridized carbons (Fsp3) is 0.468. The van der Waals surface area contributed by atoms with Gasteiger partial charge in [-0.1, -0.05) is 114 Å². The van der Waals surface area contributed by atoms with Crippen molar-refractivity contribution in [1.82, 2.24) is 26.6 Å². The number of nitrogens with zero attached hydrogens (tertiary/aromatic N) is 1. The molecule has 708 valence electrons. The van der Waals surface area contributed by atoms with Gasteiger partial charge in [-0.25, -0.2) is 0 Å². The van der Waals surface area contributed by atoms with E-state index >= 15 is 28.8 Å². The van der Waals surface area contributed by atoms with Crippen LogP contribution in [0, 0.1) is 11.8 Å². The van der Waals surface area contributed by atoms with Gasteiger partial charge in [-0.3, -0.25) is 38.4 Å². The predicted octanol–water partition coefficient (Wildman–Crippen LogP) is 6.60. The molecule has 3 saturated heterocycles. The van der Waals surface area contributed by atoms with Crippen molar-refractivity contribution in [1.29, 1.82) is 0 Å². The second kappa shape index (κ2) is 39.9. The van der Waals surface area contributed by atoms with E-state index in [1.165, 1.54) is 75.4 Å². The summed E-state index contributed by atoms with van der Waals surface area (Å²) in [6, 6.07) is 22.8. The van der Waals surface area contributed by atoms with Gasteiger partial charge in [0.05, 0.1) is 92.4 Å². The van der Waals surface area contributed by atoms with Crippen LogP contribution >= 0.6 is 46.6 Å². The summed E-state index contributed by atoms with van der Waals surface area (Å²) in [7, 11) is 5.67. The van der Waals surface area contributed by atoms with Crippen LogP contribution in [0.1, 0.15) is 161 Å². The number of ketones is 2. The number of phenols is 1. The largest absolute Gasteiger partial charge is 0.508 e. The van der Waals surface area contributed by atoms with Crippen LogP contribution < -0.4 is 52.3 Å². The molecular formula is C94H110Cl3N8O26S+. The average Bonchev–Trinajstić information content (AvgIpc) is 1.55. The number of nitrogens with two attached hydrogens (primary N) is 2. The third-order valence-electron chi connectivity index (χ3n) is 25.4. The molecule has 1 aliphatic carbocycles. The lowest BCUT2D eigenvalue weighted by Gasteiger charge is -2.48. The minimum absolute atomic E-state index is 0.0659. The molecule has 7 aromatic rings. The highest BCUT2D eigenvalue weighted by atomic mass is 35.5. The van der Waals surface area contributed by atoms with Gasteiger partial charge in [0, 0.05) is 71.8 Å². The number of carbonyl (C=O) groups excluding carboxylic acids is 8. The molecule has 1 unspecified atom stereocenters. The second-order valence-corrected chi connectivity index (χ2v) is 38.9. The van der Waals surface area contributed by atoms with E-state index in [2.05, 4.69) is 26.6 Å². The molecule has 3 fully saturated rings. The van der Waals surface area contributed by atoms with Crippen LogP contribution in [-0.2, 0) is 74.4 Å². The number of aliphatic hydroxyl groups is 9. The molecule has 0 aromatic heterocycles. The lowest BCUT2D eigenvalue weighted by atomic mass is 9.84. The highest BCUT2D eigenvalue weighted by Gasteiger charge is 2.54. The number of hydrogen-bond acceptors (Lipinski definition) is 29. The maximum absolute atomic E-state index is 16.9. The number of quaternary nitrogens is 1. The minimum Gasteiger partial charge on any atom is -0.508 e. The van der Waals surface area contributed by atoms with Gasteiger partial charge in [0.1, 0.15) is 71.9 Å². The molecule has 7 aromatic carbocycles. The lowest BCUT2D eigenvalue weighted by Crippen LogP contribution is -2.65. The van der Waals surface area contributed by atoms with Crippen molar-refractivity contribution in [3.05, 3.63) is 187 Å². The molecule has 9 aliphatic rings. The molecule has 132 heavy (non-hydrogen) atoms. The first-order valence-electron chi connectivity index (χ1n) is 43.4. The van der Waals surface area contributed by atoms with Crippen LogP contribution in [0.3, 0.4) is 0 Å². The number of hydrogen-bond donors (Lipinski definition) is 17. The van der Waals surface area contributed by atoms with Crippen LogP contribution in [0.15, 0.2) is 127 Å². The molecule has 0 radical (unpaired) electrons. The summed E-state index contributed by atoms with van der Waals surface area (Å²) >= 11 is 21.9. The molecule has 0 saturated carbocycles. The normalized spacial score (nSPS) is 29.9. The number of thioether (sulfide) groups is 1. The molecular weight excluding hydrogens is 1800 g/mol. The highest BCUT2D eigenvalue weighted by Crippen LogP contribution is 2.54. The Hall–Kier alpha value is -9.36. The fourth-order valence-corrected chi connectivity index (χ4v) is 19.8. The number of rotatable bonds is 22. The van der Waals surface area contributed by atoms with Gasteiger partial charge in [-0.15, -0.1) is 0 Å². The Labute approximate surface area is 779 Å². The fourth-order valence-electron chi connectivity index (χ4n) is 18.0. The Bertz CT molecular complexity index is 5540. The number of primary amides is 1. The zero-order chi connectivity index (χ0) is 95.4. The Balaban J connectivity index is 0.973. The standard InChI is InChI=1S/C94H109Cl3N8O26S/c1-10-46(27-42(2)107)86(117)103-76-63(109)31-53(34-70(98)111)87(118)101-74-52-32-67(126-65-23-18-50(78(76)112)29-61(65)96)82(131-91-83(80(114)79(113)69(41-106)128-91)130-72-39-93(6,85(116)44(4)125-72)100-40-45-11-13-47(14-12-45)48-15-20-54(95)21-16-48)68(33-52)127-66-24-19-51(30-62(66)97)81(129-71-38-92(5,99)84(115)43(3)124-71)77-89(120)102-75(90(121)132-26-25-105(7,8)9)58-35-55(108)36-60-73(58)57-28-49(17-22-59(57)94(60,122)123)56(37-64(74)110)88(119)104-77/h11-24,28-30,32-33,35-36,42-44,46,53,56,69,71-72,74-81,83-85,91,100,106-107,112-116,122-123H,10,25-27,31,34,37-41,99H2,1-9H3,(H6-,98,101,102,103,104,108,111,117,118,119,120)/p+1/t42?,43-,44-,46+,53-,56+,69+,71-,72-,74+,75-,76-,77-,78+,79+,80-,81+,83+,84-,85-,91-,92-,93-/m0/s1. The van der Waals surface area contributed by atoms with Crippen LogP contribution in [0.2, 0.25) is 15.1 Å². The van der Waals surface area contributed by atoms with E-state index in [-0.39, 0.29) is 110 Å². The van der Waals surface area contributed by atoms with Gasteiger partial charge in [-0.05, 0) is 170 Å². The van der Waals surface area contributed by atoms with Gasteiger partial charge < -0.3 is 131 Å². The van der Waals surface area contributed by atoms with Gasteiger partial charge in [-0.2, -0.15) is 0 Å². The molecule has 23 atom stereocenters. The first-order chi connectivity index (χ1) is 62.3. The number of benzene rings is 7. The first-order valence-corrected chi connectivity index (χ1v) is 45.6. The van der Waals surface area contributed by atoms with Gasteiger partial charge in [0.2, 0.25) is 52.5 Å². The van der Waals surface area contributed by atoms with Gasteiger partial charge >= 0.3 is 0 Å². The first kappa shape index (κ1) is 98.6. The van der Waals surface area contributed by atoms with Crippen LogP contribution in [0.25, 0.3) is 22.3 Å². The quantitative estimate of drug-likeness (QED) is 0.0251. The summed E-state index contributed by atoms with van der Waals surface area (Å²) < 4.78 is 54.0. The number of aliphatic hydroxyl groups excluding tert-OH is 7. The molecule has 5 amide bonds. The molecule has 8 aliphatic heterocycles. The Morgan fingerprint density at radius 1 is 0.689 bits per heavy atom. The smallest absolute Gasteiger partial charge is 0.246 e. The van der Waals surface area contributed by atoms with E-state index in [4.69, 9.17) is 84.2 Å². The predicted molar refractivity (Wildman–Crippen MR) is 480 cm³/mol. The number of amides is 5. The highest BCUT2D eigenvalue weighted by molar-refractivity contribution is 8.13. The van der Waals surface area contributed by atoms with E-state index in [0.29, 0.717) is 16.1 Å². The Morgan fingerprint density at radius 2 is 1.31 bits per heavy atom. The van der Waals surface area contributed by atoms with E-state index < -0.39 is 240 Å². The maximum atomic E-state index is 16.9. The van der Waals surface area contributed by atoms with Crippen LogP contribution in [0.4, 0.5) is 0 Å². The number of halogens is 3. The summed E-state index contributed by atoms with van der Waals surface area (Å²) in [5.74, 6) is -18.6. The van der Waals surface area contributed by atoms with E-state index in [0.717, 1.165) is 52.7 Å². The molecule has 38 heteroatoms. The average molecular weight is 1910 g/mol. The zero-order valence-corrected chi connectivity index (χ0v) is 76.8. The van der Waals surface area contributed by atoms with Crippen molar-refractivity contribution < 1.29 is 132 Å². The third-order valence-corrected chi connectivity index (χ3v) is 27.2. The maximum Gasteiger partial charge on any atom is 0.246 e. The Morgan fingerprint density at radius 3 is 1.92 bits per heavy atom. The molecule has 16 rings (SSSR count). The molecule has 19 N–H and O–H groups in total. The molecule has 8 heterocycles. The summed E-state index contributed by atoms with van der Waals surface area (Å²) in [6.45, 7) is 9.07.